The number of thiophene rings is 1. The van der Waals surface area contributed by atoms with Crippen LogP contribution in [0.3, 0.4) is 0 Å². The first-order valence-corrected chi connectivity index (χ1v) is 6.23. The number of nitro benzene ring substituents is 1. The van der Waals surface area contributed by atoms with Crippen LogP contribution in [0.4, 0.5) is 10.1 Å². The predicted molar refractivity (Wildman–Crippen MR) is 68.7 cm³/mol. The molecule has 0 saturated carbocycles. The van der Waals surface area contributed by atoms with Crippen LogP contribution in [0.2, 0.25) is 0 Å². The lowest BCUT2D eigenvalue weighted by atomic mass is 10.2. The molecule has 0 spiro atoms. The maximum Gasteiger partial charge on any atom is 0.349 e. The summed E-state index contributed by atoms with van der Waals surface area (Å²) in [5.41, 5.74) is -0.240. The SMILES string of the molecule is O=C(O)c1sccc1OCc1cc(F)ccc1[N+](=O)[O-]. The number of carboxylic acids is 1. The van der Waals surface area contributed by atoms with E-state index in [9.17, 15) is 19.3 Å². The van der Waals surface area contributed by atoms with E-state index >= 15 is 0 Å². The van der Waals surface area contributed by atoms with Crippen molar-refractivity contribution in [3.8, 4) is 5.75 Å². The molecule has 0 amide bonds. The summed E-state index contributed by atoms with van der Waals surface area (Å²) in [4.78, 5) is 21.0. The first-order valence-electron chi connectivity index (χ1n) is 5.35. The minimum Gasteiger partial charge on any atom is -0.487 e. The van der Waals surface area contributed by atoms with Crippen molar-refractivity contribution in [1.82, 2.24) is 0 Å². The smallest absolute Gasteiger partial charge is 0.349 e. The molecular formula is C12H8FNO5S. The topological polar surface area (TPSA) is 89.7 Å². The second-order valence-corrected chi connectivity index (χ2v) is 4.65. The number of hydrogen-bond acceptors (Lipinski definition) is 5. The van der Waals surface area contributed by atoms with Gasteiger partial charge >= 0.3 is 5.97 Å². The number of ether oxygens (including phenoxy) is 1. The van der Waals surface area contributed by atoms with Crippen LogP contribution in [-0.4, -0.2) is 16.0 Å². The summed E-state index contributed by atoms with van der Waals surface area (Å²) >= 11 is 0.974. The Morgan fingerprint density at radius 1 is 1.45 bits per heavy atom. The molecule has 0 unspecified atom stereocenters. The van der Waals surface area contributed by atoms with Crippen molar-refractivity contribution in [2.45, 2.75) is 6.61 Å². The van der Waals surface area contributed by atoms with Gasteiger partial charge in [-0.1, -0.05) is 0 Å². The minimum absolute atomic E-state index is 0.0101. The zero-order valence-electron chi connectivity index (χ0n) is 9.91. The Kier molecular flexibility index (Phi) is 3.94. The number of nitrogens with zero attached hydrogens (tertiary/aromatic N) is 1. The van der Waals surface area contributed by atoms with E-state index < -0.39 is 16.7 Å². The molecule has 1 aromatic carbocycles. The van der Waals surface area contributed by atoms with Crippen LogP contribution in [0.15, 0.2) is 29.6 Å². The van der Waals surface area contributed by atoms with E-state index in [4.69, 9.17) is 9.84 Å². The van der Waals surface area contributed by atoms with Gasteiger partial charge in [-0.3, -0.25) is 10.1 Å². The van der Waals surface area contributed by atoms with Gasteiger partial charge in [0.15, 0.2) is 4.88 Å². The third kappa shape index (κ3) is 2.91. The second-order valence-electron chi connectivity index (χ2n) is 3.74. The van der Waals surface area contributed by atoms with E-state index in [0.717, 1.165) is 29.5 Å². The molecule has 2 aromatic rings. The molecule has 0 aliphatic heterocycles. The third-order valence-corrected chi connectivity index (χ3v) is 3.33. The van der Waals surface area contributed by atoms with Crippen LogP contribution in [0, 0.1) is 15.9 Å². The molecule has 0 radical (unpaired) electrons. The third-order valence-electron chi connectivity index (χ3n) is 2.44. The van der Waals surface area contributed by atoms with Gasteiger partial charge in [0.1, 0.15) is 18.2 Å². The molecule has 0 bridgehead atoms. The molecule has 6 nitrogen and oxygen atoms in total. The number of carboxylic acid groups (broad SMARTS) is 1. The lowest BCUT2D eigenvalue weighted by molar-refractivity contribution is -0.385. The van der Waals surface area contributed by atoms with Gasteiger partial charge in [0.05, 0.1) is 10.5 Å². The van der Waals surface area contributed by atoms with Crippen LogP contribution >= 0.6 is 11.3 Å². The molecule has 1 N–H and O–H groups in total. The Labute approximate surface area is 116 Å². The minimum atomic E-state index is -1.15. The van der Waals surface area contributed by atoms with Crippen LogP contribution < -0.4 is 4.74 Å². The summed E-state index contributed by atoms with van der Waals surface area (Å²) in [7, 11) is 0. The molecule has 8 heteroatoms. The zero-order chi connectivity index (χ0) is 14.7. The fraction of sp³-hybridized carbons (Fsp3) is 0.0833. The maximum absolute atomic E-state index is 13.1. The highest BCUT2D eigenvalue weighted by Crippen LogP contribution is 2.27. The van der Waals surface area contributed by atoms with Crippen molar-refractivity contribution in [3.63, 3.8) is 0 Å². The lowest BCUT2D eigenvalue weighted by Gasteiger charge is -2.06. The Morgan fingerprint density at radius 2 is 2.20 bits per heavy atom. The van der Waals surface area contributed by atoms with Gasteiger partial charge in [-0.2, -0.15) is 0 Å². The number of aromatic carboxylic acids is 1. The van der Waals surface area contributed by atoms with Gasteiger partial charge in [0.25, 0.3) is 5.69 Å². The summed E-state index contributed by atoms with van der Waals surface area (Å²) in [5.74, 6) is -1.68. The van der Waals surface area contributed by atoms with Crippen molar-refractivity contribution < 1.29 is 24.0 Å². The van der Waals surface area contributed by atoms with E-state index in [1.807, 2.05) is 0 Å². The number of halogens is 1. The highest BCUT2D eigenvalue weighted by Gasteiger charge is 2.17. The molecular weight excluding hydrogens is 289 g/mol. The van der Waals surface area contributed by atoms with Gasteiger partial charge in [-0.05, 0) is 23.6 Å². The van der Waals surface area contributed by atoms with E-state index in [1.165, 1.54) is 11.4 Å². The van der Waals surface area contributed by atoms with Crippen molar-refractivity contribution in [2.75, 3.05) is 0 Å². The molecule has 1 aromatic heterocycles. The van der Waals surface area contributed by atoms with Crippen molar-refractivity contribution in [2.24, 2.45) is 0 Å². The fourth-order valence-electron chi connectivity index (χ4n) is 1.57. The molecule has 0 saturated heterocycles. The van der Waals surface area contributed by atoms with Crippen molar-refractivity contribution in [1.29, 1.82) is 0 Å². The van der Waals surface area contributed by atoms with Crippen LogP contribution in [-0.2, 0) is 6.61 Å². The highest BCUT2D eigenvalue weighted by molar-refractivity contribution is 7.12. The van der Waals surface area contributed by atoms with Gasteiger partial charge in [-0.25, -0.2) is 9.18 Å². The monoisotopic (exact) mass is 297 g/mol. The largest absolute Gasteiger partial charge is 0.487 e. The number of carbonyl (C=O) groups is 1. The van der Waals surface area contributed by atoms with E-state index in [-0.39, 0.29) is 28.5 Å². The average Bonchev–Trinajstić information content (AvgIpc) is 2.84. The Morgan fingerprint density at radius 3 is 2.85 bits per heavy atom. The quantitative estimate of drug-likeness (QED) is 0.676. The molecule has 20 heavy (non-hydrogen) atoms. The first-order chi connectivity index (χ1) is 9.49. The summed E-state index contributed by atoms with van der Waals surface area (Å²) in [5, 5.41) is 21.2. The van der Waals surface area contributed by atoms with Crippen LogP contribution in [0.5, 0.6) is 5.75 Å². The fourth-order valence-corrected chi connectivity index (χ4v) is 2.24. The normalized spacial score (nSPS) is 10.2. The highest BCUT2D eigenvalue weighted by atomic mass is 32.1. The van der Waals surface area contributed by atoms with E-state index in [1.54, 1.807) is 0 Å². The summed E-state index contributed by atoms with van der Waals surface area (Å²) < 4.78 is 18.3. The summed E-state index contributed by atoms with van der Waals surface area (Å²) in [6.07, 6.45) is 0. The number of hydrogen-bond donors (Lipinski definition) is 1. The second kappa shape index (κ2) is 5.66. The van der Waals surface area contributed by atoms with Gasteiger partial charge in [0, 0.05) is 6.07 Å². The lowest BCUT2D eigenvalue weighted by Crippen LogP contribution is -2.03. The Bertz CT molecular complexity index is 670. The standard InChI is InChI=1S/C12H8FNO5S/c13-8-1-2-9(14(17)18)7(5-8)6-19-10-3-4-20-11(10)12(15)16/h1-5H,6H2,(H,15,16). The summed E-state index contributed by atoms with van der Waals surface area (Å²) in [6, 6.07) is 4.46. The number of rotatable bonds is 5. The molecule has 104 valence electrons. The van der Waals surface area contributed by atoms with E-state index in [0.29, 0.717) is 0 Å². The van der Waals surface area contributed by atoms with Gasteiger partial charge < -0.3 is 9.84 Å². The number of nitro groups is 1. The van der Waals surface area contributed by atoms with Crippen molar-refractivity contribution in [3.05, 3.63) is 56.0 Å². The maximum atomic E-state index is 13.1. The molecule has 0 fully saturated rings. The van der Waals surface area contributed by atoms with Gasteiger partial charge in [-0.15, -0.1) is 11.3 Å². The molecule has 0 aliphatic carbocycles. The predicted octanol–water partition coefficient (Wildman–Crippen LogP) is 3.07. The Hall–Kier alpha value is -2.48. The number of benzene rings is 1. The van der Waals surface area contributed by atoms with Crippen LogP contribution in [0.25, 0.3) is 0 Å². The van der Waals surface area contributed by atoms with E-state index in [2.05, 4.69) is 0 Å². The Balaban J connectivity index is 2.22. The molecule has 1 heterocycles. The van der Waals surface area contributed by atoms with Gasteiger partial charge in [0.2, 0.25) is 0 Å². The zero-order valence-corrected chi connectivity index (χ0v) is 10.7. The average molecular weight is 297 g/mol. The first kappa shape index (κ1) is 13.9. The summed E-state index contributed by atoms with van der Waals surface area (Å²) in [6.45, 7) is -0.287. The van der Waals surface area contributed by atoms with Crippen LogP contribution in [0.1, 0.15) is 15.2 Å². The van der Waals surface area contributed by atoms with Crippen molar-refractivity contribution >= 4 is 23.0 Å². The molecule has 0 atom stereocenters. The molecule has 2 rings (SSSR count). The molecule has 0 aliphatic rings.